The Morgan fingerprint density at radius 2 is 2.26 bits per heavy atom. The Bertz CT molecular complexity index is 825. The minimum absolute atomic E-state index is 0.104. The van der Waals surface area contributed by atoms with E-state index in [4.69, 9.17) is 10.1 Å². The first-order valence-electron chi connectivity index (χ1n) is 6.90. The smallest absolute Gasteiger partial charge is 0.337 e. The van der Waals surface area contributed by atoms with E-state index in [0.29, 0.717) is 21.8 Å². The van der Waals surface area contributed by atoms with Gasteiger partial charge in [-0.1, -0.05) is 6.07 Å². The van der Waals surface area contributed by atoms with Crippen LogP contribution in [0.15, 0.2) is 35.4 Å². The predicted molar refractivity (Wildman–Crippen MR) is 89.3 cm³/mol. The largest absolute Gasteiger partial charge is 0.510 e. The minimum Gasteiger partial charge on any atom is -0.510 e. The summed E-state index contributed by atoms with van der Waals surface area (Å²) in [5.41, 5.74) is 2.33. The number of thiazole rings is 1. The summed E-state index contributed by atoms with van der Waals surface area (Å²) in [6.07, 6.45) is 0. The highest BCUT2D eigenvalue weighted by Crippen LogP contribution is 2.32. The van der Waals surface area contributed by atoms with Gasteiger partial charge in [0.15, 0.2) is 0 Å². The molecule has 0 atom stereocenters. The maximum absolute atomic E-state index is 11.7. The van der Waals surface area contributed by atoms with E-state index in [1.807, 2.05) is 12.3 Å². The van der Waals surface area contributed by atoms with Crippen LogP contribution in [0.1, 0.15) is 21.1 Å². The van der Waals surface area contributed by atoms with Crippen molar-refractivity contribution >= 4 is 34.4 Å². The third-order valence-corrected chi connectivity index (χ3v) is 4.49. The van der Waals surface area contributed by atoms with E-state index < -0.39 is 5.97 Å². The van der Waals surface area contributed by atoms with Crippen molar-refractivity contribution in [2.75, 3.05) is 18.6 Å². The number of aromatic nitrogens is 1. The number of amidine groups is 1. The monoisotopic (exact) mass is 329 g/mol. The summed E-state index contributed by atoms with van der Waals surface area (Å²) in [5.74, 6) is -0.169. The lowest BCUT2D eigenvalue weighted by molar-refractivity contribution is 0.0601. The molecule has 0 radical (unpaired) electrons. The second-order valence-corrected chi connectivity index (χ2v) is 5.95. The average molecular weight is 329 g/mol. The number of ether oxygens (including phenoxy) is 1. The molecule has 0 fully saturated rings. The van der Waals surface area contributed by atoms with Crippen molar-refractivity contribution in [3.05, 3.63) is 51.7 Å². The molecule has 0 unspecified atom stereocenters. The van der Waals surface area contributed by atoms with E-state index >= 15 is 0 Å². The normalized spacial score (nSPS) is 14.5. The van der Waals surface area contributed by atoms with Gasteiger partial charge in [-0.05, 0) is 25.1 Å². The molecule has 0 aliphatic carbocycles. The van der Waals surface area contributed by atoms with Gasteiger partial charge in [0.1, 0.15) is 16.6 Å². The van der Waals surface area contributed by atoms with E-state index in [-0.39, 0.29) is 18.1 Å². The predicted octanol–water partition coefficient (Wildman–Crippen LogP) is 3.00. The van der Waals surface area contributed by atoms with Crippen LogP contribution in [-0.2, 0) is 4.74 Å². The zero-order valence-corrected chi connectivity index (χ0v) is 13.5. The summed E-state index contributed by atoms with van der Waals surface area (Å²) in [5, 5.41) is 21.1. The van der Waals surface area contributed by atoms with Gasteiger partial charge in [-0.25, -0.2) is 9.78 Å². The zero-order valence-electron chi connectivity index (χ0n) is 12.7. The number of nitrogens with one attached hydrogen (secondary N) is 1. The first kappa shape index (κ1) is 15.2. The van der Waals surface area contributed by atoms with Crippen molar-refractivity contribution in [3.63, 3.8) is 0 Å². The molecule has 1 aromatic heterocycles. The first-order valence-corrected chi connectivity index (χ1v) is 7.78. The summed E-state index contributed by atoms with van der Waals surface area (Å²) in [4.78, 5) is 17.6. The molecule has 23 heavy (non-hydrogen) atoms. The fraction of sp³-hybridized carbons (Fsp3) is 0.188. The van der Waals surface area contributed by atoms with Gasteiger partial charge in [0.05, 0.1) is 24.8 Å². The topological polar surface area (TPSA) is 86.5 Å². The molecular formula is C16H15N3O3S. The quantitative estimate of drug-likeness (QED) is 0.845. The molecule has 3 rings (SSSR count). The highest BCUT2D eigenvalue weighted by molar-refractivity contribution is 7.11. The van der Waals surface area contributed by atoms with E-state index in [2.05, 4.69) is 4.98 Å². The Balaban J connectivity index is 1.93. The standard InChI is InChI=1S/C16H15N3O3S/c1-9-8-23-15(18-9)13-12(20)7-19(14(13)17)11-5-3-4-10(6-11)16(21)22-2/h3-6,8,17,20H,7H2,1-2H3. The van der Waals surface area contributed by atoms with Crippen molar-refractivity contribution < 1.29 is 14.6 Å². The molecule has 2 N–H and O–H groups in total. The minimum atomic E-state index is -0.439. The highest BCUT2D eigenvalue weighted by atomic mass is 32.1. The van der Waals surface area contributed by atoms with Crippen molar-refractivity contribution in [1.82, 2.24) is 4.98 Å². The van der Waals surface area contributed by atoms with Crippen LogP contribution in [0.5, 0.6) is 0 Å². The molecule has 0 spiro atoms. The maximum atomic E-state index is 11.7. The van der Waals surface area contributed by atoms with E-state index in [1.54, 1.807) is 29.2 Å². The Morgan fingerprint density at radius 3 is 2.91 bits per heavy atom. The van der Waals surface area contributed by atoms with Crippen LogP contribution >= 0.6 is 11.3 Å². The number of carbonyl (C=O) groups is 1. The number of hydrogen-bond donors (Lipinski definition) is 2. The SMILES string of the molecule is COC(=O)c1cccc(N2CC(O)=C(c3nc(C)cs3)C2=N)c1. The molecule has 0 saturated heterocycles. The number of nitrogens with zero attached hydrogens (tertiary/aromatic N) is 2. The van der Waals surface area contributed by atoms with Gasteiger partial charge < -0.3 is 14.7 Å². The molecule has 1 aliphatic rings. The molecule has 2 aromatic rings. The van der Waals surface area contributed by atoms with Crippen molar-refractivity contribution in [2.24, 2.45) is 0 Å². The lowest BCUT2D eigenvalue weighted by Crippen LogP contribution is -2.26. The van der Waals surface area contributed by atoms with Gasteiger partial charge >= 0.3 is 5.97 Å². The second kappa shape index (κ2) is 5.85. The third kappa shape index (κ3) is 2.70. The number of esters is 1. The fourth-order valence-electron chi connectivity index (χ4n) is 2.41. The van der Waals surface area contributed by atoms with Gasteiger partial charge in [-0.3, -0.25) is 5.41 Å². The van der Waals surface area contributed by atoms with Crippen LogP contribution in [0.4, 0.5) is 5.69 Å². The summed E-state index contributed by atoms with van der Waals surface area (Å²) < 4.78 is 4.72. The Kier molecular flexibility index (Phi) is 3.87. The number of aryl methyl sites for hydroxylation is 1. The van der Waals surface area contributed by atoms with Crippen LogP contribution < -0.4 is 4.90 Å². The number of benzene rings is 1. The number of methoxy groups -OCH3 is 1. The van der Waals surface area contributed by atoms with Gasteiger partial charge in [0.25, 0.3) is 0 Å². The lowest BCUT2D eigenvalue weighted by atomic mass is 10.2. The Morgan fingerprint density at radius 1 is 1.48 bits per heavy atom. The lowest BCUT2D eigenvalue weighted by Gasteiger charge is -2.19. The van der Waals surface area contributed by atoms with Crippen LogP contribution in [0.25, 0.3) is 5.57 Å². The molecule has 0 saturated carbocycles. The molecule has 1 aromatic carbocycles. The maximum Gasteiger partial charge on any atom is 0.337 e. The van der Waals surface area contributed by atoms with Gasteiger partial charge in [-0.15, -0.1) is 11.3 Å². The van der Waals surface area contributed by atoms with Crippen LogP contribution in [0, 0.1) is 12.3 Å². The molecule has 1 aliphatic heterocycles. The molecule has 118 valence electrons. The number of anilines is 1. The molecule has 0 amide bonds. The summed E-state index contributed by atoms with van der Waals surface area (Å²) in [6, 6.07) is 6.79. The van der Waals surface area contributed by atoms with Crippen molar-refractivity contribution in [2.45, 2.75) is 6.92 Å². The molecule has 6 nitrogen and oxygen atoms in total. The molecule has 0 bridgehead atoms. The van der Waals surface area contributed by atoms with Gasteiger partial charge in [0.2, 0.25) is 0 Å². The number of hydrogen-bond acceptors (Lipinski definition) is 6. The van der Waals surface area contributed by atoms with Crippen LogP contribution in [0.3, 0.4) is 0 Å². The first-order chi connectivity index (χ1) is 11.0. The third-order valence-electron chi connectivity index (χ3n) is 3.51. The van der Waals surface area contributed by atoms with Crippen molar-refractivity contribution in [1.29, 1.82) is 5.41 Å². The highest BCUT2D eigenvalue weighted by Gasteiger charge is 2.31. The Labute approximate surface area is 137 Å². The van der Waals surface area contributed by atoms with Crippen LogP contribution in [-0.4, -0.2) is 35.5 Å². The van der Waals surface area contributed by atoms with E-state index in [0.717, 1.165) is 5.69 Å². The number of aliphatic hydroxyl groups excluding tert-OH is 1. The van der Waals surface area contributed by atoms with Crippen molar-refractivity contribution in [3.8, 4) is 0 Å². The fourth-order valence-corrected chi connectivity index (χ4v) is 3.28. The Hall–Kier alpha value is -2.67. The average Bonchev–Trinajstić information content (AvgIpc) is 3.09. The van der Waals surface area contributed by atoms with E-state index in [9.17, 15) is 9.90 Å². The van der Waals surface area contributed by atoms with E-state index in [1.165, 1.54) is 18.4 Å². The van der Waals surface area contributed by atoms with Gasteiger partial charge in [-0.2, -0.15) is 0 Å². The molecular weight excluding hydrogens is 314 g/mol. The molecule has 7 heteroatoms. The van der Waals surface area contributed by atoms with Gasteiger partial charge in [0, 0.05) is 16.8 Å². The number of carbonyl (C=O) groups excluding carboxylic acids is 1. The summed E-state index contributed by atoms with van der Waals surface area (Å²) >= 11 is 1.39. The summed E-state index contributed by atoms with van der Waals surface area (Å²) in [7, 11) is 1.32. The van der Waals surface area contributed by atoms with Crippen LogP contribution in [0.2, 0.25) is 0 Å². The zero-order chi connectivity index (χ0) is 16.6. The number of aliphatic hydroxyl groups is 1. The summed E-state index contributed by atoms with van der Waals surface area (Å²) in [6.45, 7) is 2.05. The molecule has 2 heterocycles. The number of rotatable bonds is 3. The second-order valence-electron chi connectivity index (χ2n) is 5.09.